The molecule has 3 nitrogen and oxygen atoms in total. The van der Waals surface area contributed by atoms with E-state index in [0.717, 1.165) is 36.0 Å². The van der Waals surface area contributed by atoms with Crippen LogP contribution >= 0.6 is 11.6 Å². The SMILES string of the molecule is CCC(CC)CN(CC)c1ncc(CNC)cc1Cl. The van der Waals surface area contributed by atoms with Gasteiger partial charge in [0.2, 0.25) is 0 Å². The second-order valence-electron chi connectivity index (χ2n) is 4.90. The van der Waals surface area contributed by atoms with E-state index in [-0.39, 0.29) is 0 Å². The standard InChI is InChI=1S/C15H26ClN3/c1-5-12(6-2)11-19(7-3)15-14(16)8-13(9-17-4)10-18-15/h8,10,12,17H,5-7,9,11H2,1-4H3. The number of aromatic nitrogens is 1. The molecular weight excluding hydrogens is 258 g/mol. The molecule has 108 valence electrons. The number of anilines is 1. The Balaban J connectivity index is 2.86. The molecule has 0 fully saturated rings. The molecule has 0 aromatic carbocycles. The van der Waals surface area contributed by atoms with E-state index in [1.807, 2.05) is 19.3 Å². The number of nitrogens with zero attached hydrogens (tertiary/aromatic N) is 2. The summed E-state index contributed by atoms with van der Waals surface area (Å²) in [6.07, 6.45) is 4.30. The van der Waals surface area contributed by atoms with Crippen LogP contribution in [-0.4, -0.2) is 25.1 Å². The summed E-state index contributed by atoms with van der Waals surface area (Å²) in [6, 6.07) is 2.01. The van der Waals surface area contributed by atoms with Crippen molar-refractivity contribution in [3.8, 4) is 0 Å². The van der Waals surface area contributed by atoms with Gasteiger partial charge in [-0.3, -0.25) is 0 Å². The highest BCUT2D eigenvalue weighted by Gasteiger charge is 2.14. The van der Waals surface area contributed by atoms with Crippen LogP contribution in [0.2, 0.25) is 5.02 Å². The molecule has 0 saturated heterocycles. The lowest BCUT2D eigenvalue weighted by Gasteiger charge is -2.27. The van der Waals surface area contributed by atoms with Crippen LogP contribution in [0.15, 0.2) is 12.3 Å². The van der Waals surface area contributed by atoms with Gasteiger partial charge in [-0.25, -0.2) is 4.98 Å². The highest BCUT2D eigenvalue weighted by molar-refractivity contribution is 6.33. The van der Waals surface area contributed by atoms with Gasteiger partial charge in [-0.1, -0.05) is 38.3 Å². The van der Waals surface area contributed by atoms with Gasteiger partial charge in [0.05, 0.1) is 5.02 Å². The fourth-order valence-electron chi connectivity index (χ4n) is 2.23. The number of nitrogens with one attached hydrogen (secondary N) is 1. The van der Waals surface area contributed by atoms with Crippen LogP contribution in [0.4, 0.5) is 5.82 Å². The molecule has 0 radical (unpaired) electrons. The van der Waals surface area contributed by atoms with Crippen LogP contribution in [0.3, 0.4) is 0 Å². The largest absolute Gasteiger partial charge is 0.355 e. The zero-order valence-electron chi connectivity index (χ0n) is 12.5. The van der Waals surface area contributed by atoms with E-state index in [0.29, 0.717) is 5.92 Å². The van der Waals surface area contributed by atoms with Gasteiger partial charge in [0, 0.05) is 25.8 Å². The number of pyridine rings is 1. The van der Waals surface area contributed by atoms with Crippen molar-refractivity contribution in [1.29, 1.82) is 0 Å². The molecule has 0 aliphatic carbocycles. The minimum absolute atomic E-state index is 0.704. The van der Waals surface area contributed by atoms with Gasteiger partial charge in [0.25, 0.3) is 0 Å². The maximum absolute atomic E-state index is 6.38. The van der Waals surface area contributed by atoms with Crippen molar-refractivity contribution >= 4 is 17.4 Å². The van der Waals surface area contributed by atoms with E-state index in [1.165, 1.54) is 12.8 Å². The average molecular weight is 284 g/mol. The fraction of sp³-hybridized carbons (Fsp3) is 0.667. The Bertz CT molecular complexity index is 378. The number of rotatable bonds is 8. The molecule has 1 N–H and O–H groups in total. The number of halogens is 1. The molecule has 4 heteroatoms. The summed E-state index contributed by atoms with van der Waals surface area (Å²) < 4.78 is 0. The Hall–Kier alpha value is -0.800. The zero-order valence-corrected chi connectivity index (χ0v) is 13.3. The maximum Gasteiger partial charge on any atom is 0.147 e. The van der Waals surface area contributed by atoms with Gasteiger partial charge < -0.3 is 10.2 Å². The van der Waals surface area contributed by atoms with Crippen molar-refractivity contribution in [2.24, 2.45) is 5.92 Å². The predicted octanol–water partition coefficient (Wildman–Crippen LogP) is 3.72. The molecule has 1 aromatic heterocycles. The highest BCUT2D eigenvalue weighted by Crippen LogP contribution is 2.25. The van der Waals surface area contributed by atoms with Gasteiger partial charge in [0.1, 0.15) is 5.82 Å². The van der Waals surface area contributed by atoms with Crippen LogP contribution in [0.5, 0.6) is 0 Å². The topological polar surface area (TPSA) is 28.2 Å². The Labute approximate surface area is 122 Å². The number of hydrogen-bond acceptors (Lipinski definition) is 3. The highest BCUT2D eigenvalue weighted by atomic mass is 35.5. The van der Waals surface area contributed by atoms with Crippen LogP contribution < -0.4 is 10.2 Å². The van der Waals surface area contributed by atoms with Crippen molar-refractivity contribution in [1.82, 2.24) is 10.3 Å². The molecule has 0 unspecified atom stereocenters. The molecule has 19 heavy (non-hydrogen) atoms. The maximum atomic E-state index is 6.38. The van der Waals surface area contributed by atoms with E-state index < -0.39 is 0 Å². The third-order valence-electron chi connectivity index (χ3n) is 3.57. The zero-order chi connectivity index (χ0) is 14.3. The Kier molecular flexibility index (Phi) is 7.17. The summed E-state index contributed by atoms with van der Waals surface area (Å²) in [5, 5.41) is 3.86. The molecule has 0 saturated carbocycles. The van der Waals surface area contributed by atoms with Crippen molar-refractivity contribution in [3.63, 3.8) is 0 Å². The fourth-order valence-corrected chi connectivity index (χ4v) is 2.54. The monoisotopic (exact) mass is 283 g/mol. The van der Waals surface area contributed by atoms with Crippen molar-refractivity contribution in [3.05, 3.63) is 22.8 Å². The van der Waals surface area contributed by atoms with Gasteiger partial charge in [-0.15, -0.1) is 0 Å². The summed E-state index contributed by atoms with van der Waals surface area (Å²) in [5.74, 6) is 1.62. The van der Waals surface area contributed by atoms with Crippen LogP contribution in [0.25, 0.3) is 0 Å². The van der Waals surface area contributed by atoms with Crippen LogP contribution in [0.1, 0.15) is 39.2 Å². The number of hydrogen-bond donors (Lipinski definition) is 1. The summed E-state index contributed by atoms with van der Waals surface area (Å²) in [5.41, 5.74) is 1.12. The molecule has 1 aromatic rings. The second kappa shape index (κ2) is 8.39. The van der Waals surface area contributed by atoms with Gasteiger partial charge in [-0.05, 0) is 31.5 Å². The molecule has 0 bridgehead atoms. The predicted molar refractivity (Wildman–Crippen MR) is 84.0 cm³/mol. The summed E-state index contributed by atoms with van der Waals surface area (Å²) in [4.78, 5) is 6.82. The lowest BCUT2D eigenvalue weighted by Crippen LogP contribution is -2.30. The normalized spacial score (nSPS) is 11.1. The first kappa shape index (κ1) is 16.3. The molecule has 0 amide bonds. The lowest BCUT2D eigenvalue weighted by molar-refractivity contribution is 0.484. The van der Waals surface area contributed by atoms with Gasteiger partial charge >= 0.3 is 0 Å². The summed E-state index contributed by atoms with van der Waals surface area (Å²) in [7, 11) is 1.92. The minimum atomic E-state index is 0.704. The first-order valence-electron chi connectivity index (χ1n) is 7.20. The van der Waals surface area contributed by atoms with E-state index >= 15 is 0 Å². The van der Waals surface area contributed by atoms with E-state index in [1.54, 1.807) is 0 Å². The molecule has 0 aliphatic rings. The lowest BCUT2D eigenvalue weighted by atomic mass is 10.0. The van der Waals surface area contributed by atoms with E-state index in [4.69, 9.17) is 11.6 Å². The third kappa shape index (κ3) is 4.66. The molecule has 1 rings (SSSR count). The van der Waals surface area contributed by atoms with Crippen LogP contribution in [-0.2, 0) is 6.54 Å². The second-order valence-corrected chi connectivity index (χ2v) is 5.31. The molecule has 0 aliphatic heterocycles. The van der Waals surface area contributed by atoms with E-state index in [9.17, 15) is 0 Å². The smallest absolute Gasteiger partial charge is 0.147 e. The molecule has 1 heterocycles. The van der Waals surface area contributed by atoms with Gasteiger partial charge in [0.15, 0.2) is 0 Å². The Morgan fingerprint density at radius 1 is 1.32 bits per heavy atom. The Morgan fingerprint density at radius 3 is 2.47 bits per heavy atom. The summed E-state index contributed by atoms with van der Waals surface area (Å²) in [6.45, 7) is 9.41. The van der Waals surface area contributed by atoms with Crippen molar-refractivity contribution in [2.75, 3.05) is 25.0 Å². The molecular formula is C15H26ClN3. The Morgan fingerprint density at radius 2 is 2.00 bits per heavy atom. The minimum Gasteiger partial charge on any atom is -0.355 e. The third-order valence-corrected chi connectivity index (χ3v) is 3.85. The van der Waals surface area contributed by atoms with Gasteiger partial charge in [-0.2, -0.15) is 0 Å². The van der Waals surface area contributed by atoms with E-state index in [2.05, 4.69) is 36.0 Å². The van der Waals surface area contributed by atoms with Crippen LogP contribution in [0, 0.1) is 5.92 Å². The van der Waals surface area contributed by atoms with Crippen molar-refractivity contribution < 1.29 is 0 Å². The molecule has 0 atom stereocenters. The molecule has 0 spiro atoms. The quantitative estimate of drug-likeness (QED) is 0.788. The first-order chi connectivity index (χ1) is 9.15. The first-order valence-corrected chi connectivity index (χ1v) is 7.57. The average Bonchev–Trinajstić information content (AvgIpc) is 2.42. The van der Waals surface area contributed by atoms with Crippen molar-refractivity contribution in [2.45, 2.75) is 40.2 Å². The summed E-state index contributed by atoms with van der Waals surface area (Å²) >= 11 is 6.38.